The summed E-state index contributed by atoms with van der Waals surface area (Å²) in [7, 11) is 0. The summed E-state index contributed by atoms with van der Waals surface area (Å²) >= 11 is 0. The normalized spacial score (nSPS) is 9.80. The largest absolute Gasteiger partial charge is 0.425 e. The molecule has 0 rings (SSSR count). The van der Waals surface area contributed by atoms with Crippen LogP contribution in [0.5, 0.6) is 0 Å². The first-order valence-corrected chi connectivity index (χ1v) is 5.01. The highest BCUT2D eigenvalue weighted by atomic mass is 16.7. The van der Waals surface area contributed by atoms with Crippen molar-refractivity contribution in [3.05, 3.63) is 12.7 Å². The Morgan fingerprint density at radius 2 is 1.73 bits per heavy atom. The number of allylic oxidation sites excluding steroid dienone is 1. The molecule has 0 aliphatic heterocycles. The number of ether oxygens (including phenoxy) is 2. The van der Waals surface area contributed by atoms with Gasteiger partial charge in [0.25, 0.3) is 0 Å². The number of hydrogen-bond acceptors (Lipinski definition) is 4. The van der Waals surface area contributed by atoms with Crippen LogP contribution in [0.15, 0.2) is 12.7 Å². The minimum atomic E-state index is -0.746. The van der Waals surface area contributed by atoms with Crippen LogP contribution in [0, 0.1) is 0 Å². The van der Waals surface area contributed by atoms with Crippen molar-refractivity contribution in [3.63, 3.8) is 0 Å². The second kappa shape index (κ2) is 8.03. The van der Waals surface area contributed by atoms with Crippen LogP contribution in [-0.2, 0) is 19.1 Å². The Hall–Kier alpha value is -1.32. The molecule has 0 unspecified atom stereocenters. The molecule has 0 bridgehead atoms. The van der Waals surface area contributed by atoms with Crippen molar-refractivity contribution in [2.45, 2.75) is 45.8 Å². The van der Waals surface area contributed by atoms with Gasteiger partial charge in [0.05, 0.1) is 0 Å². The fourth-order valence-corrected chi connectivity index (χ4v) is 1.11. The topological polar surface area (TPSA) is 52.6 Å². The molecule has 0 atom stereocenters. The predicted octanol–water partition coefficient (Wildman–Crippen LogP) is 2.19. The van der Waals surface area contributed by atoms with Gasteiger partial charge in [0.2, 0.25) is 6.29 Å². The lowest BCUT2D eigenvalue weighted by atomic mass is 10.2. The second-order valence-electron chi connectivity index (χ2n) is 3.22. The van der Waals surface area contributed by atoms with Gasteiger partial charge < -0.3 is 9.47 Å². The quantitative estimate of drug-likeness (QED) is 0.282. The maximum atomic E-state index is 10.7. The standard InChI is InChI=1S/C11H18O4/c1-4-5-6-7-8-11(14-9(2)12)15-10(3)13/h4,11H,1,5-8H2,2-3H3. The SMILES string of the molecule is C=CCCCCC(OC(C)=O)OC(C)=O. The summed E-state index contributed by atoms with van der Waals surface area (Å²) in [5, 5.41) is 0. The summed E-state index contributed by atoms with van der Waals surface area (Å²) in [6.45, 7) is 6.19. The summed E-state index contributed by atoms with van der Waals surface area (Å²) in [5.41, 5.74) is 0. The van der Waals surface area contributed by atoms with Gasteiger partial charge in [0.15, 0.2) is 0 Å². The van der Waals surface area contributed by atoms with Crippen molar-refractivity contribution in [2.75, 3.05) is 0 Å². The third kappa shape index (κ3) is 9.00. The van der Waals surface area contributed by atoms with Crippen molar-refractivity contribution in [3.8, 4) is 0 Å². The van der Waals surface area contributed by atoms with Crippen LogP contribution < -0.4 is 0 Å². The number of hydrogen-bond donors (Lipinski definition) is 0. The molecule has 0 fully saturated rings. The van der Waals surface area contributed by atoms with Crippen LogP contribution in [0.3, 0.4) is 0 Å². The fourth-order valence-electron chi connectivity index (χ4n) is 1.11. The Labute approximate surface area is 90.2 Å². The molecule has 4 heteroatoms. The Balaban J connectivity index is 3.84. The highest BCUT2D eigenvalue weighted by Gasteiger charge is 2.14. The molecule has 0 aliphatic carbocycles. The van der Waals surface area contributed by atoms with Crippen LogP contribution >= 0.6 is 0 Å². The van der Waals surface area contributed by atoms with Crippen molar-refractivity contribution in [2.24, 2.45) is 0 Å². The molecule has 0 N–H and O–H groups in total. The van der Waals surface area contributed by atoms with Gasteiger partial charge in [0.1, 0.15) is 0 Å². The number of carbonyl (C=O) groups is 2. The number of rotatable bonds is 7. The van der Waals surface area contributed by atoms with Gasteiger partial charge in [-0.05, 0) is 19.3 Å². The van der Waals surface area contributed by atoms with Crippen molar-refractivity contribution >= 4 is 11.9 Å². The molecule has 0 saturated heterocycles. The lowest BCUT2D eigenvalue weighted by Crippen LogP contribution is -2.22. The Kier molecular flexibility index (Phi) is 7.32. The van der Waals surface area contributed by atoms with E-state index in [1.165, 1.54) is 13.8 Å². The van der Waals surface area contributed by atoms with Crippen LogP contribution in [0.1, 0.15) is 39.5 Å². The predicted molar refractivity (Wildman–Crippen MR) is 56.0 cm³/mol. The van der Waals surface area contributed by atoms with Gasteiger partial charge in [-0.1, -0.05) is 6.08 Å². The molecule has 4 nitrogen and oxygen atoms in total. The van der Waals surface area contributed by atoms with Crippen molar-refractivity contribution < 1.29 is 19.1 Å². The fraction of sp³-hybridized carbons (Fsp3) is 0.636. The van der Waals surface area contributed by atoms with E-state index in [2.05, 4.69) is 6.58 Å². The molecule has 0 aromatic heterocycles. The van der Waals surface area contributed by atoms with Gasteiger partial charge >= 0.3 is 11.9 Å². The number of esters is 2. The summed E-state index contributed by atoms with van der Waals surface area (Å²) in [6, 6.07) is 0. The molecule has 86 valence electrons. The average Bonchev–Trinajstić information content (AvgIpc) is 2.10. The first-order chi connectivity index (χ1) is 7.06. The maximum absolute atomic E-state index is 10.7. The Morgan fingerprint density at radius 1 is 1.20 bits per heavy atom. The molecule has 0 radical (unpaired) electrons. The highest BCUT2D eigenvalue weighted by molar-refractivity contribution is 5.68. The van der Waals surface area contributed by atoms with Gasteiger partial charge in [-0.3, -0.25) is 9.59 Å². The van der Waals surface area contributed by atoms with E-state index in [0.29, 0.717) is 6.42 Å². The Morgan fingerprint density at radius 3 is 2.13 bits per heavy atom. The molecule has 0 heterocycles. The molecule has 0 aromatic rings. The zero-order valence-corrected chi connectivity index (χ0v) is 9.32. The first kappa shape index (κ1) is 13.7. The lowest BCUT2D eigenvalue weighted by molar-refractivity contribution is -0.185. The highest BCUT2D eigenvalue weighted by Crippen LogP contribution is 2.09. The summed E-state index contributed by atoms with van der Waals surface area (Å²) in [6.07, 6.45) is 4.30. The van der Waals surface area contributed by atoms with Crippen LogP contribution in [-0.4, -0.2) is 18.2 Å². The third-order valence-corrected chi connectivity index (χ3v) is 1.69. The molecule has 0 amide bonds. The number of carbonyl (C=O) groups excluding carboxylic acids is 2. The minimum absolute atomic E-state index is 0.440. The molecule has 15 heavy (non-hydrogen) atoms. The molecule has 0 aliphatic rings. The number of unbranched alkanes of at least 4 members (excludes halogenated alkanes) is 2. The first-order valence-electron chi connectivity index (χ1n) is 5.01. The third-order valence-electron chi connectivity index (χ3n) is 1.69. The maximum Gasteiger partial charge on any atom is 0.305 e. The summed E-state index contributed by atoms with van der Waals surface area (Å²) < 4.78 is 9.67. The van der Waals surface area contributed by atoms with E-state index in [9.17, 15) is 9.59 Å². The molecule has 0 saturated carbocycles. The van der Waals surface area contributed by atoms with E-state index in [-0.39, 0.29) is 0 Å². The van der Waals surface area contributed by atoms with Gasteiger partial charge in [-0.2, -0.15) is 0 Å². The smallest absolute Gasteiger partial charge is 0.305 e. The zero-order valence-electron chi connectivity index (χ0n) is 9.32. The van der Waals surface area contributed by atoms with Gasteiger partial charge in [0, 0.05) is 20.3 Å². The van der Waals surface area contributed by atoms with E-state index in [4.69, 9.17) is 9.47 Å². The average molecular weight is 214 g/mol. The summed E-state index contributed by atoms with van der Waals surface area (Å²) in [4.78, 5) is 21.4. The van der Waals surface area contributed by atoms with Crippen molar-refractivity contribution in [1.82, 2.24) is 0 Å². The van der Waals surface area contributed by atoms with Crippen LogP contribution in [0.2, 0.25) is 0 Å². The van der Waals surface area contributed by atoms with E-state index in [1.807, 2.05) is 6.08 Å². The van der Waals surface area contributed by atoms with Crippen molar-refractivity contribution in [1.29, 1.82) is 0 Å². The van der Waals surface area contributed by atoms with E-state index in [1.54, 1.807) is 0 Å². The molecule has 0 aromatic carbocycles. The van der Waals surface area contributed by atoms with Crippen LogP contribution in [0.25, 0.3) is 0 Å². The van der Waals surface area contributed by atoms with Gasteiger partial charge in [-0.25, -0.2) is 0 Å². The lowest BCUT2D eigenvalue weighted by Gasteiger charge is -2.16. The van der Waals surface area contributed by atoms with E-state index >= 15 is 0 Å². The van der Waals surface area contributed by atoms with E-state index in [0.717, 1.165) is 19.3 Å². The molecular weight excluding hydrogens is 196 g/mol. The Bertz CT molecular complexity index is 207. The zero-order chi connectivity index (χ0) is 11.7. The second-order valence-corrected chi connectivity index (χ2v) is 3.22. The van der Waals surface area contributed by atoms with Crippen LogP contribution in [0.4, 0.5) is 0 Å². The van der Waals surface area contributed by atoms with Gasteiger partial charge in [-0.15, -0.1) is 6.58 Å². The minimum Gasteiger partial charge on any atom is -0.425 e. The monoisotopic (exact) mass is 214 g/mol. The molecule has 0 spiro atoms. The summed E-state index contributed by atoms with van der Waals surface area (Å²) in [5.74, 6) is -0.880. The molecular formula is C11H18O4. The van der Waals surface area contributed by atoms with E-state index < -0.39 is 18.2 Å².